The number of nitrogens with one attached hydrogen (secondary N) is 2. The zero-order chi connectivity index (χ0) is 13.7. The van der Waals surface area contributed by atoms with E-state index in [1.54, 1.807) is 0 Å². The second-order valence-electron chi connectivity index (χ2n) is 6.48. The third-order valence-electron chi connectivity index (χ3n) is 2.37. The molecule has 0 radical (unpaired) electrons. The maximum Gasteiger partial charge on any atom is 0.422 e. The van der Waals surface area contributed by atoms with Crippen molar-refractivity contribution < 1.29 is 9.53 Å². The lowest BCUT2D eigenvalue weighted by molar-refractivity contribution is 0.0467. The Hall–Kier alpha value is -0.770. The number of rotatable bonds is 4. The first-order valence-electron chi connectivity index (χ1n) is 6.31. The van der Waals surface area contributed by atoms with E-state index in [1.165, 1.54) is 0 Å². The monoisotopic (exact) mass is 244 g/mol. The van der Waals surface area contributed by atoms with Gasteiger partial charge in [0.2, 0.25) is 0 Å². The molecule has 0 aromatic heterocycles. The Kier molecular flexibility index (Phi) is 5.96. The molecule has 0 aromatic rings. The van der Waals surface area contributed by atoms with Crippen molar-refractivity contribution in [2.45, 2.75) is 73.0 Å². The van der Waals surface area contributed by atoms with E-state index in [0.29, 0.717) is 0 Å². The topological polar surface area (TPSA) is 50.4 Å². The normalized spacial score (nSPS) is 14.3. The number of carbonyl (C=O) groups is 1. The maximum absolute atomic E-state index is 11.5. The zero-order valence-corrected chi connectivity index (χ0v) is 12.3. The highest BCUT2D eigenvalue weighted by molar-refractivity contribution is 5.67. The van der Waals surface area contributed by atoms with Crippen LogP contribution in [0, 0.1) is 5.41 Å². The van der Waals surface area contributed by atoms with Gasteiger partial charge in [-0.15, -0.1) is 0 Å². The minimum Gasteiger partial charge on any atom is -0.443 e. The second kappa shape index (κ2) is 6.24. The molecule has 1 unspecified atom stereocenters. The number of carbonyl (C=O) groups excluding carboxylic acids is 1. The van der Waals surface area contributed by atoms with Gasteiger partial charge < -0.3 is 4.74 Å². The Morgan fingerprint density at radius 3 is 2.06 bits per heavy atom. The largest absolute Gasteiger partial charge is 0.443 e. The lowest BCUT2D eigenvalue weighted by Crippen LogP contribution is -2.51. The molecule has 102 valence electrons. The first-order chi connectivity index (χ1) is 7.56. The highest BCUT2D eigenvalue weighted by atomic mass is 16.6. The molecule has 2 N–H and O–H groups in total. The van der Waals surface area contributed by atoms with Gasteiger partial charge in [-0.1, -0.05) is 34.1 Å². The molecule has 0 aliphatic heterocycles. The van der Waals surface area contributed by atoms with Crippen LogP contribution < -0.4 is 10.9 Å². The second-order valence-corrected chi connectivity index (χ2v) is 6.48. The number of hydrogen-bond acceptors (Lipinski definition) is 3. The van der Waals surface area contributed by atoms with Gasteiger partial charge in [-0.3, -0.25) is 5.43 Å². The third-order valence-corrected chi connectivity index (χ3v) is 2.37. The summed E-state index contributed by atoms with van der Waals surface area (Å²) >= 11 is 0. The fourth-order valence-electron chi connectivity index (χ4n) is 1.46. The van der Waals surface area contributed by atoms with Gasteiger partial charge in [0, 0.05) is 6.04 Å². The minimum atomic E-state index is -0.465. The van der Waals surface area contributed by atoms with E-state index in [4.69, 9.17) is 4.74 Å². The lowest BCUT2D eigenvalue weighted by Gasteiger charge is -2.31. The van der Waals surface area contributed by atoms with Gasteiger partial charge in [-0.05, 0) is 32.6 Å². The van der Waals surface area contributed by atoms with Crippen LogP contribution in [0.5, 0.6) is 0 Å². The van der Waals surface area contributed by atoms with Gasteiger partial charge >= 0.3 is 6.09 Å². The van der Waals surface area contributed by atoms with Crippen LogP contribution in [0.2, 0.25) is 0 Å². The van der Waals surface area contributed by atoms with E-state index < -0.39 is 11.7 Å². The van der Waals surface area contributed by atoms with Crippen LogP contribution in [0.1, 0.15) is 61.3 Å². The van der Waals surface area contributed by atoms with Gasteiger partial charge in [0.15, 0.2) is 0 Å². The fraction of sp³-hybridized carbons (Fsp3) is 0.923. The molecule has 0 rings (SSSR count). The summed E-state index contributed by atoms with van der Waals surface area (Å²) in [6.07, 6.45) is 1.66. The van der Waals surface area contributed by atoms with Crippen molar-refractivity contribution in [3.05, 3.63) is 0 Å². The molecule has 0 heterocycles. The molecule has 0 aromatic carbocycles. The van der Waals surface area contributed by atoms with Crippen molar-refractivity contribution in [1.82, 2.24) is 10.9 Å². The molecule has 0 aliphatic rings. The summed E-state index contributed by atoms with van der Waals surface area (Å²) in [7, 11) is 0. The highest BCUT2D eigenvalue weighted by Crippen LogP contribution is 2.22. The van der Waals surface area contributed by atoms with Gasteiger partial charge in [-0.2, -0.15) is 0 Å². The van der Waals surface area contributed by atoms with E-state index in [-0.39, 0.29) is 11.5 Å². The molecule has 4 heteroatoms. The molecule has 0 saturated carbocycles. The summed E-state index contributed by atoms with van der Waals surface area (Å²) in [4.78, 5) is 11.5. The average Bonchev–Trinajstić information content (AvgIpc) is 2.07. The predicted molar refractivity (Wildman–Crippen MR) is 70.7 cm³/mol. The summed E-state index contributed by atoms with van der Waals surface area (Å²) < 4.78 is 5.17. The van der Waals surface area contributed by atoms with Crippen LogP contribution in [0.15, 0.2) is 0 Å². The van der Waals surface area contributed by atoms with E-state index in [9.17, 15) is 4.79 Å². The van der Waals surface area contributed by atoms with Gasteiger partial charge in [0.25, 0.3) is 0 Å². The van der Waals surface area contributed by atoms with Crippen LogP contribution in [0.3, 0.4) is 0 Å². The molecule has 0 aliphatic carbocycles. The van der Waals surface area contributed by atoms with Crippen molar-refractivity contribution in [3.63, 3.8) is 0 Å². The Morgan fingerprint density at radius 1 is 1.18 bits per heavy atom. The van der Waals surface area contributed by atoms with Crippen molar-refractivity contribution >= 4 is 6.09 Å². The first kappa shape index (κ1) is 16.2. The summed E-state index contributed by atoms with van der Waals surface area (Å²) in [5, 5.41) is 0. The van der Waals surface area contributed by atoms with Crippen LogP contribution in [0.25, 0.3) is 0 Å². The van der Waals surface area contributed by atoms with Gasteiger partial charge in [-0.25, -0.2) is 10.2 Å². The smallest absolute Gasteiger partial charge is 0.422 e. The SMILES string of the molecule is CCCC(NNC(=O)OC(C)(C)C)C(C)(C)C. The Morgan fingerprint density at radius 2 is 1.71 bits per heavy atom. The predicted octanol–water partition coefficient (Wildman–Crippen LogP) is 3.23. The van der Waals surface area contributed by atoms with E-state index in [2.05, 4.69) is 38.5 Å². The zero-order valence-electron chi connectivity index (χ0n) is 12.3. The number of hydrogen-bond donors (Lipinski definition) is 2. The number of amides is 1. The highest BCUT2D eigenvalue weighted by Gasteiger charge is 2.24. The molecule has 0 fully saturated rings. The van der Waals surface area contributed by atoms with Crippen LogP contribution in [-0.4, -0.2) is 17.7 Å². The standard InChI is InChI=1S/C13H28N2O2/c1-8-9-10(12(2,3)4)14-15-11(16)17-13(5,6)7/h10,14H,8-9H2,1-7H3,(H,15,16). The molecule has 0 bridgehead atoms. The third kappa shape index (κ3) is 8.02. The van der Waals surface area contributed by atoms with E-state index in [0.717, 1.165) is 12.8 Å². The minimum absolute atomic E-state index is 0.102. The van der Waals surface area contributed by atoms with E-state index >= 15 is 0 Å². The van der Waals surface area contributed by atoms with Crippen LogP contribution >= 0.6 is 0 Å². The molecular weight excluding hydrogens is 216 g/mol. The summed E-state index contributed by atoms with van der Waals surface area (Å²) in [5.41, 5.74) is 5.32. The maximum atomic E-state index is 11.5. The molecule has 4 nitrogen and oxygen atoms in total. The fourth-order valence-corrected chi connectivity index (χ4v) is 1.46. The van der Waals surface area contributed by atoms with Gasteiger partial charge in [0.05, 0.1) is 0 Å². The summed E-state index contributed by atoms with van der Waals surface area (Å²) in [5.74, 6) is 0. The van der Waals surface area contributed by atoms with E-state index in [1.807, 2.05) is 20.8 Å². The Bertz CT molecular complexity index is 239. The Labute approximate surface area is 105 Å². The summed E-state index contributed by atoms with van der Waals surface area (Å²) in [6, 6.07) is 0.236. The van der Waals surface area contributed by atoms with Gasteiger partial charge in [0.1, 0.15) is 5.60 Å². The number of ether oxygens (including phenoxy) is 1. The summed E-state index contributed by atoms with van der Waals surface area (Å²) in [6.45, 7) is 14.1. The molecule has 1 atom stereocenters. The van der Waals surface area contributed by atoms with Crippen molar-refractivity contribution in [2.75, 3.05) is 0 Å². The number of hydrazine groups is 1. The van der Waals surface area contributed by atoms with Crippen LogP contribution in [0.4, 0.5) is 4.79 Å². The molecular formula is C13H28N2O2. The molecule has 1 amide bonds. The van der Waals surface area contributed by atoms with Crippen molar-refractivity contribution in [1.29, 1.82) is 0 Å². The molecule has 0 spiro atoms. The molecule has 17 heavy (non-hydrogen) atoms. The quantitative estimate of drug-likeness (QED) is 0.746. The average molecular weight is 244 g/mol. The van der Waals surface area contributed by atoms with Crippen molar-refractivity contribution in [2.24, 2.45) is 5.41 Å². The molecule has 0 saturated heterocycles. The Balaban J connectivity index is 4.18. The lowest BCUT2D eigenvalue weighted by atomic mass is 9.85. The first-order valence-corrected chi connectivity index (χ1v) is 6.31. The van der Waals surface area contributed by atoms with Crippen molar-refractivity contribution in [3.8, 4) is 0 Å². The van der Waals surface area contributed by atoms with Crippen LogP contribution in [-0.2, 0) is 4.74 Å².